The third-order valence-corrected chi connectivity index (χ3v) is 3.44. The van der Waals surface area contributed by atoms with Crippen molar-refractivity contribution in [2.24, 2.45) is 0 Å². The number of carbonyl (C=O) groups excluding carboxylic acids is 1. The SMILES string of the molecule is Cc1nc2c(C)cccn2c1C(=O)NCc1ccncc1. The molecular formula is C16H16N4O. The first kappa shape index (κ1) is 13.3. The van der Waals surface area contributed by atoms with Crippen LogP contribution in [0.2, 0.25) is 0 Å². The monoisotopic (exact) mass is 280 g/mol. The van der Waals surface area contributed by atoms with E-state index >= 15 is 0 Å². The molecule has 0 aliphatic carbocycles. The van der Waals surface area contributed by atoms with E-state index in [-0.39, 0.29) is 5.91 Å². The van der Waals surface area contributed by atoms with Gasteiger partial charge in [-0.25, -0.2) is 4.98 Å². The summed E-state index contributed by atoms with van der Waals surface area (Å²) in [5.41, 5.74) is 4.21. The first-order valence-corrected chi connectivity index (χ1v) is 6.78. The molecule has 3 aromatic heterocycles. The van der Waals surface area contributed by atoms with Crippen LogP contribution in [0.5, 0.6) is 0 Å². The fourth-order valence-electron chi connectivity index (χ4n) is 2.36. The van der Waals surface area contributed by atoms with Crippen LogP contribution in [0.4, 0.5) is 0 Å². The van der Waals surface area contributed by atoms with E-state index in [1.54, 1.807) is 12.4 Å². The van der Waals surface area contributed by atoms with Crippen LogP contribution in [0.3, 0.4) is 0 Å². The quantitative estimate of drug-likeness (QED) is 0.800. The minimum atomic E-state index is -0.123. The zero-order chi connectivity index (χ0) is 14.8. The number of imidazole rings is 1. The van der Waals surface area contributed by atoms with Gasteiger partial charge in [-0.3, -0.25) is 14.2 Å². The molecule has 0 saturated heterocycles. The summed E-state index contributed by atoms with van der Waals surface area (Å²) >= 11 is 0. The zero-order valence-corrected chi connectivity index (χ0v) is 12.0. The number of fused-ring (bicyclic) bond motifs is 1. The summed E-state index contributed by atoms with van der Waals surface area (Å²) in [4.78, 5) is 20.9. The molecule has 0 fully saturated rings. The van der Waals surface area contributed by atoms with Gasteiger partial charge in [0.2, 0.25) is 0 Å². The highest BCUT2D eigenvalue weighted by atomic mass is 16.1. The van der Waals surface area contributed by atoms with Crippen molar-refractivity contribution in [3.05, 3.63) is 65.4 Å². The van der Waals surface area contributed by atoms with Gasteiger partial charge in [-0.2, -0.15) is 0 Å². The average molecular weight is 280 g/mol. The van der Waals surface area contributed by atoms with Crippen LogP contribution in [0.15, 0.2) is 42.9 Å². The molecule has 1 N–H and O–H groups in total. The maximum absolute atomic E-state index is 12.4. The molecule has 3 heterocycles. The largest absolute Gasteiger partial charge is 0.347 e. The Kier molecular flexibility index (Phi) is 3.39. The Bertz CT molecular complexity index is 793. The van der Waals surface area contributed by atoms with Crippen molar-refractivity contribution in [1.82, 2.24) is 19.7 Å². The van der Waals surface area contributed by atoms with Crippen LogP contribution in [0.25, 0.3) is 5.65 Å². The normalized spacial score (nSPS) is 10.8. The van der Waals surface area contributed by atoms with E-state index in [0.29, 0.717) is 12.2 Å². The molecule has 0 aliphatic heterocycles. The van der Waals surface area contributed by atoms with Gasteiger partial charge in [0.1, 0.15) is 11.3 Å². The Morgan fingerprint density at radius 2 is 2.00 bits per heavy atom. The van der Waals surface area contributed by atoms with Gasteiger partial charge in [0.15, 0.2) is 0 Å². The number of carbonyl (C=O) groups is 1. The van der Waals surface area contributed by atoms with Gasteiger partial charge in [-0.05, 0) is 43.2 Å². The highest BCUT2D eigenvalue weighted by Gasteiger charge is 2.16. The fourth-order valence-corrected chi connectivity index (χ4v) is 2.36. The van der Waals surface area contributed by atoms with Gasteiger partial charge in [-0.1, -0.05) is 6.07 Å². The molecule has 0 unspecified atom stereocenters. The molecule has 21 heavy (non-hydrogen) atoms. The molecule has 0 saturated carbocycles. The Morgan fingerprint density at radius 1 is 1.24 bits per heavy atom. The molecule has 0 atom stereocenters. The maximum Gasteiger partial charge on any atom is 0.270 e. The van der Waals surface area contributed by atoms with Crippen molar-refractivity contribution < 1.29 is 4.79 Å². The summed E-state index contributed by atoms with van der Waals surface area (Å²) in [6, 6.07) is 7.67. The molecule has 0 radical (unpaired) electrons. The van der Waals surface area contributed by atoms with Gasteiger partial charge in [0.25, 0.3) is 5.91 Å². The summed E-state index contributed by atoms with van der Waals surface area (Å²) in [5, 5.41) is 2.93. The molecular weight excluding hydrogens is 264 g/mol. The lowest BCUT2D eigenvalue weighted by molar-refractivity contribution is 0.0944. The number of pyridine rings is 2. The summed E-state index contributed by atoms with van der Waals surface area (Å²) < 4.78 is 1.84. The molecule has 1 amide bonds. The van der Waals surface area contributed by atoms with E-state index in [4.69, 9.17) is 0 Å². The number of aryl methyl sites for hydroxylation is 2. The van der Waals surface area contributed by atoms with E-state index in [9.17, 15) is 4.79 Å². The van der Waals surface area contributed by atoms with E-state index in [0.717, 1.165) is 22.5 Å². The second kappa shape index (κ2) is 5.36. The van der Waals surface area contributed by atoms with Crippen LogP contribution in [0.1, 0.15) is 27.3 Å². The second-order valence-electron chi connectivity index (χ2n) is 4.97. The third kappa shape index (κ3) is 2.50. The van der Waals surface area contributed by atoms with E-state index in [1.165, 1.54) is 0 Å². The number of nitrogens with zero attached hydrogens (tertiary/aromatic N) is 3. The summed E-state index contributed by atoms with van der Waals surface area (Å²) in [6.07, 6.45) is 5.29. The van der Waals surface area contributed by atoms with Crippen molar-refractivity contribution in [2.75, 3.05) is 0 Å². The van der Waals surface area contributed by atoms with E-state index < -0.39 is 0 Å². The summed E-state index contributed by atoms with van der Waals surface area (Å²) in [7, 11) is 0. The molecule has 0 spiro atoms. The minimum absolute atomic E-state index is 0.123. The number of rotatable bonds is 3. The molecule has 0 aromatic carbocycles. The lowest BCUT2D eigenvalue weighted by atomic mass is 10.2. The smallest absolute Gasteiger partial charge is 0.270 e. The average Bonchev–Trinajstić information content (AvgIpc) is 2.84. The number of hydrogen-bond acceptors (Lipinski definition) is 3. The molecule has 5 nitrogen and oxygen atoms in total. The first-order chi connectivity index (χ1) is 10.2. The Hall–Kier alpha value is -2.69. The van der Waals surface area contributed by atoms with Crippen LogP contribution in [0, 0.1) is 13.8 Å². The standard InChI is InChI=1S/C16H16N4O/c1-11-4-3-9-20-14(12(2)19-15(11)20)16(21)18-10-13-5-7-17-8-6-13/h3-9H,10H2,1-2H3,(H,18,21). The van der Waals surface area contributed by atoms with E-state index in [1.807, 2.05) is 48.7 Å². The molecule has 5 heteroatoms. The van der Waals surface area contributed by atoms with Gasteiger partial charge in [0.05, 0.1) is 5.69 Å². The number of amides is 1. The predicted octanol–water partition coefficient (Wildman–Crippen LogP) is 2.28. The van der Waals surface area contributed by atoms with Crippen LogP contribution >= 0.6 is 0 Å². The Balaban J connectivity index is 1.88. The van der Waals surface area contributed by atoms with Gasteiger partial charge < -0.3 is 5.32 Å². The van der Waals surface area contributed by atoms with Crippen LogP contribution in [-0.4, -0.2) is 20.3 Å². The van der Waals surface area contributed by atoms with Crippen LogP contribution < -0.4 is 5.32 Å². The zero-order valence-electron chi connectivity index (χ0n) is 12.0. The molecule has 3 aromatic rings. The van der Waals surface area contributed by atoms with Crippen molar-refractivity contribution in [3.63, 3.8) is 0 Å². The topological polar surface area (TPSA) is 59.3 Å². The second-order valence-corrected chi connectivity index (χ2v) is 4.97. The Morgan fingerprint density at radius 3 is 2.76 bits per heavy atom. The van der Waals surface area contributed by atoms with Crippen molar-refractivity contribution in [2.45, 2.75) is 20.4 Å². The van der Waals surface area contributed by atoms with Gasteiger partial charge in [-0.15, -0.1) is 0 Å². The molecule has 0 bridgehead atoms. The fraction of sp³-hybridized carbons (Fsp3) is 0.188. The van der Waals surface area contributed by atoms with Gasteiger partial charge in [0, 0.05) is 25.1 Å². The third-order valence-electron chi connectivity index (χ3n) is 3.44. The van der Waals surface area contributed by atoms with Crippen LogP contribution in [-0.2, 0) is 6.54 Å². The lowest BCUT2D eigenvalue weighted by Crippen LogP contribution is -2.25. The highest BCUT2D eigenvalue weighted by molar-refractivity contribution is 5.94. The van der Waals surface area contributed by atoms with Crippen molar-refractivity contribution >= 4 is 11.6 Å². The summed E-state index contributed by atoms with van der Waals surface area (Å²) in [5.74, 6) is -0.123. The molecule has 106 valence electrons. The predicted molar refractivity (Wildman–Crippen MR) is 80.1 cm³/mol. The van der Waals surface area contributed by atoms with E-state index in [2.05, 4.69) is 15.3 Å². The highest BCUT2D eigenvalue weighted by Crippen LogP contribution is 2.15. The minimum Gasteiger partial charge on any atom is -0.347 e. The molecule has 3 rings (SSSR count). The Labute approximate surface area is 122 Å². The number of nitrogens with one attached hydrogen (secondary N) is 1. The number of hydrogen-bond donors (Lipinski definition) is 1. The maximum atomic E-state index is 12.4. The first-order valence-electron chi connectivity index (χ1n) is 6.78. The molecule has 0 aliphatic rings. The van der Waals surface area contributed by atoms with Gasteiger partial charge >= 0.3 is 0 Å². The summed E-state index contributed by atoms with van der Waals surface area (Å²) in [6.45, 7) is 4.31. The lowest BCUT2D eigenvalue weighted by Gasteiger charge is -2.06. The van der Waals surface area contributed by atoms with Crippen molar-refractivity contribution in [3.8, 4) is 0 Å². The van der Waals surface area contributed by atoms with Crippen molar-refractivity contribution in [1.29, 1.82) is 0 Å². The number of aromatic nitrogens is 3.